The number of hydrogen-bond donors (Lipinski definition) is 2. The van der Waals surface area contributed by atoms with Crippen LogP contribution in [0.4, 0.5) is 0 Å². The van der Waals surface area contributed by atoms with Crippen molar-refractivity contribution < 1.29 is 14.3 Å². The molecule has 96 valence electrons. The lowest BCUT2D eigenvalue weighted by atomic mass is 10.1. The molecule has 2 atom stereocenters. The Hall–Kier alpha value is -0.360. The number of carbonyl (C=O) groups is 1. The van der Waals surface area contributed by atoms with Crippen LogP contribution in [0.5, 0.6) is 0 Å². The minimum Gasteiger partial charge on any atom is -0.376 e. The van der Waals surface area contributed by atoms with Gasteiger partial charge in [0.1, 0.15) is 6.10 Å². The van der Waals surface area contributed by atoms with Crippen LogP contribution in [-0.4, -0.2) is 44.9 Å². The van der Waals surface area contributed by atoms with E-state index in [-0.39, 0.29) is 31.0 Å². The maximum absolute atomic E-state index is 11.5. The molecule has 5 nitrogen and oxygen atoms in total. The van der Waals surface area contributed by atoms with Gasteiger partial charge in [-0.25, -0.2) is 0 Å². The van der Waals surface area contributed by atoms with E-state index < -0.39 is 6.10 Å². The van der Waals surface area contributed by atoms with Crippen molar-refractivity contribution in [1.29, 1.82) is 0 Å². The van der Waals surface area contributed by atoms with Gasteiger partial charge >= 0.3 is 0 Å². The number of nitrogens with two attached hydrogens (primary N) is 1. The van der Waals surface area contributed by atoms with Crippen LogP contribution in [0.25, 0.3) is 0 Å². The predicted molar refractivity (Wildman–Crippen MR) is 63.7 cm³/mol. The quantitative estimate of drug-likeness (QED) is 0.726. The topological polar surface area (TPSA) is 73.6 Å². The number of halogens is 1. The molecule has 0 bridgehead atoms. The van der Waals surface area contributed by atoms with Crippen LogP contribution in [0, 0.1) is 0 Å². The van der Waals surface area contributed by atoms with Crippen LogP contribution in [-0.2, 0) is 14.3 Å². The molecule has 0 aromatic carbocycles. The zero-order valence-electron chi connectivity index (χ0n) is 9.61. The molecule has 0 spiro atoms. The number of nitrogens with one attached hydrogen (secondary N) is 1. The zero-order valence-corrected chi connectivity index (χ0v) is 10.4. The summed E-state index contributed by atoms with van der Waals surface area (Å²) in [5.74, 6) is -0.158. The molecule has 3 N–H and O–H groups in total. The molecule has 6 heteroatoms. The van der Waals surface area contributed by atoms with Gasteiger partial charge in [-0.1, -0.05) is 0 Å². The lowest BCUT2D eigenvalue weighted by Crippen LogP contribution is -2.44. The molecule has 1 aliphatic heterocycles. The summed E-state index contributed by atoms with van der Waals surface area (Å²) in [6.07, 6.45) is 2.91. The van der Waals surface area contributed by atoms with E-state index in [1.807, 2.05) is 0 Å². The molecular formula is C10H21ClN2O3. The van der Waals surface area contributed by atoms with Crippen LogP contribution >= 0.6 is 12.4 Å². The molecular weight excluding hydrogens is 232 g/mol. The smallest absolute Gasteiger partial charge is 0.250 e. The summed E-state index contributed by atoms with van der Waals surface area (Å²) in [6.45, 7) is 1.55. The van der Waals surface area contributed by atoms with Crippen molar-refractivity contribution in [3.8, 4) is 0 Å². The summed E-state index contributed by atoms with van der Waals surface area (Å²) in [6, 6.07) is 0. The first-order valence-corrected chi connectivity index (χ1v) is 5.40. The first-order chi connectivity index (χ1) is 7.27. The Bertz CT molecular complexity index is 195. The molecule has 16 heavy (non-hydrogen) atoms. The molecule has 1 amide bonds. The van der Waals surface area contributed by atoms with Crippen molar-refractivity contribution in [2.75, 3.05) is 26.8 Å². The number of ether oxygens (including phenoxy) is 2. The summed E-state index contributed by atoms with van der Waals surface area (Å²) in [5.41, 5.74) is 5.38. The summed E-state index contributed by atoms with van der Waals surface area (Å²) >= 11 is 0. The van der Waals surface area contributed by atoms with E-state index in [0.29, 0.717) is 6.54 Å². The molecule has 0 aliphatic carbocycles. The highest BCUT2D eigenvalue weighted by Crippen LogP contribution is 2.11. The first-order valence-electron chi connectivity index (χ1n) is 5.40. The Morgan fingerprint density at radius 1 is 1.62 bits per heavy atom. The van der Waals surface area contributed by atoms with Gasteiger partial charge in [0, 0.05) is 26.8 Å². The molecule has 0 radical (unpaired) electrons. The van der Waals surface area contributed by atoms with Gasteiger partial charge in [0.05, 0.1) is 6.10 Å². The van der Waals surface area contributed by atoms with Gasteiger partial charge in [-0.3, -0.25) is 4.79 Å². The Morgan fingerprint density at radius 3 is 2.88 bits per heavy atom. The number of amides is 1. The highest BCUT2D eigenvalue weighted by atomic mass is 35.5. The Balaban J connectivity index is 0.00000225. The van der Waals surface area contributed by atoms with Crippen LogP contribution in [0.15, 0.2) is 0 Å². The lowest BCUT2D eigenvalue weighted by molar-refractivity contribution is -0.131. The Kier molecular flexibility index (Phi) is 8.56. The number of carbonyl (C=O) groups excluding carboxylic acids is 1. The van der Waals surface area contributed by atoms with Crippen LogP contribution < -0.4 is 11.1 Å². The average molecular weight is 253 g/mol. The normalized spacial score (nSPS) is 22.0. The monoisotopic (exact) mass is 252 g/mol. The molecule has 1 rings (SSSR count). The van der Waals surface area contributed by atoms with Crippen molar-refractivity contribution >= 4 is 18.3 Å². The van der Waals surface area contributed by atoms with E-state index >= 15 is 0 Å². The fraction of sp³-hybridized carbons (Fsp3) is 0.900. The highest BCUT2D eigenvalue weighted by molar-refractivity contribution is 5.85. The third kappa shape index (κ3) is 5.12. The maximum atomic E-state index is 11.5. The van der Waals surface area contributed by atoms with Crippen molar-refractivity contribution in [1.82, 2.24) is 5.32 Å². The largest absolute Gasteiger partial charge is 0.376 e. The van der Waals surface area contributed by atoms with Crippen molar-refractivity contribution in [3.63, 3.8) is 0 Å². The molecule has 1 fully saturated rings. The second-order valence-corrected chi connectivity index (χ2v) is 3.69. The fourth-order valence-electron chi connectivity index (χ4n) is 1.61. The third-order valence-corrected chi connectivity index (χ3v) is 2.57. The molecule has 1 aliphatic rings. The van der Waals surface area contributed by atoms with E-state index in [4.69, 9.17) is 15.2 Å². The van der Waals surface area contributed by atoms with Crippen molar-refractivity contribution in [2.24, 2.45) is 5.73 Å². The van der Waals surface area contributed by atoms with Gasteiger partial charge in [-0.05, 0) is 19.3 Å². The fourth-order valence-corrected chi connectivity index (χ4v) is 1.61. The highest BCUT2D eigenvalue weighted by Gasteiger charge is 2.18. The summed E-state index contributed by atoms with van der Waals surface area (Å²) in [7, 11) is 1.48. The molecule has 0 aromatic rings. The molecule has 1 heterocycles. The predicted octanol–water partition coefficient (Wildman–Crippen LogP) is 0.0672. The maximum Gasteiger partial charge on any atom is 0.250 e. The molecule has 0 aromatic heterocycles. The van der Waals surface area contributed by atoms with E-state index in [2.05, 4.69) is 5.32 Å². The van der Waals surface area contributed by atoms with E-state index in [9.17, 15) is 4.79 Å². The molecule has 1 saturated heterocycles. The summed E-state index contributed by atoms with van der Waals surface area (Å²) < 4.78 is 10.4. The SMILES string of the molecule is COC(CN)C(=O)NCC1CCCCO1.Cl. The molecule has 2 unspecified atom stereocenters. The number of rotatable bonds is 5. The summed E-state index contributed by atoms with van der Waals surface area (Å²) in [5, 5.41) is 2.79. The molecule has 0 saturated carbocycles. The van der Waals surface area contributed by atoms with E-state index in [1.54, 1.807) is 0 Å². The van der Waals surface area contributed by atoms with Gasteiger partial charge < -0.3 is 20.5 Å². The van der Waals surface area contributed by atoms with E-state index in [0.717, 1.165) is 19.4 Å². The van der Waals surface area contributed by atoms with Gasteiger partial charge in [0.15, 0.2) is 0 Å². The first kappa shape index (κ1) is 15.6. The second-order valence-electron chi connectivity index (χ2n) is 3.69. The number of hydrogen-bond acceptors (Lipinski definition) is 4. The van der Waals surface area contributed by atoms with Crippen LogP contribution in [0.3, 0.4) is 0 Å². The third-order valence-electron chi connectivity index (χ3n) is 2.57. The van der Waals surface area contributed by atoms with Gasteiger partial charge in [-0.2, -0.15) is 0 Å². The average Bonchev–Trinajstić information content (AvgIpc) is 2.29. The van der Waals surface area contributed by atoms with Crippen molar-refractivity contribution in [3.05, 3.63) is 0 Å². The van der Waals surface area contributed by atoms with Crippen LogP contribution in [0.1, 0.15) is 19.3 Å². The minimum atomic E-state index is -0.548. The van der Waals surface area contributed by atoms with Crippen LogP contribution in [0.2, 0.25) is 0 Å². The van der Waals surface area contributed by atoms with Gasteiger partial charge in [0.25, 0.3) is 5.91 Å². The summed E-state index contributed by atoms with van der Waals surface area (Å²) in [4.78, 5) is 11.5. The zero-order chi connectivity index (χ0) is 11.1. The minimum absolute atomic E-state index is 0. The van der Waals surface area contributed by atoms with Gasteiger partial charge in [-0.15, -0.1) is 12.4 Å². The lowest BCUT2D eigenvalue weighted by Gasteiger charge is -2.23. The van der Waals surface area contributed by atoms with Gasteiger partial charge in [0.2, 0.25) is 0 Å². The second kappa shape index (κ2) is 8.75. The Labute approximate surface area is 102 Å². The Morgan fingerprint density at radius 2 is 2.38 bits per heavy atom. The van der Waals surface area contributed by atoms with Crippen molar-refractivity contribution in [2.45, 2.75) is 31.5 Å². The van der Waals surface area contributed by atoms with E-state index in [1.165, 1.54) is 13.5 Å². The standard InChI is InChI=1S/C10H20N2O3.ClH/c1-14-9(6-11)10(13)12-7-8-4-2-3-5-15-8;/h8-9H,2-7,11H2,1H3,(H,12,13);1H. The number of methoxy groups -OCH3 is 1.